The molecule has 1 aromatic rings. The first-order chi connectivity index (χ1) is 11.9. The Kier molecular flexibility index (Phi) is 9.84. The number of benzene rings is 1. The fourth-order valence-electron chi connectivity index (χ4n) is 3.00. The van der Waals surface area contributed by atoms with Crippen LogP contribution < -0.4 is 10.6 Å². The highest BCUT2D eigenvalue weighted by molar-refractivity contribution is 14.0. The maximum Gasteiger partial charge on any atom is 0.191 e. The highest BCUT2D eigenvalue weighted by Gasteiger charge is 2.24. The van der Waals surface area contributed by atoms with Crippen molar-refractivity contribution in [3.63, 3.8) is 0 Å². The predicted octanol–water partition coefficient (Wildman–Crippen LogP) is 1.31. The third-order valence-corrected chi connectivity index (χ3v) is 4.77. The van der Waals surface area contributed by atoms with E-state index in [0.717, 1.165) is 44.2 Å². The van der Waals surface area contributed by atoms with E-state index in [1.807, 2.05) is 37.3 Å². The number of hydrogen-bond acceptors (Lipinski definition) is 4. The minimum absolute atomic E-state index is 0. The smallest absolute Gasteiger partial charge is 0.191 e. The Morgan fingerprint density at radius 1 is 1.23 bits per heavy atom. The number of nitrogens with zero attached hydrogens (tertiary/aromatic N) is 3. The molecule has 26 heavy (non-hydrogen) atoms. The summed E-state index contributed by atoms with van der Waals surface area (Å²) in [6, 6.07) is 10.1. The lowest BCUT2D eigenvalue weighted by Crippen LogP contribution is -2.55. The summed E-state index contributed by atoms with van der Waals surface area (Å²) >= 11 is 0. The van der Waals surface area contributed by atoms with Gasteiger partial charge in [-0.25, -0.2) is 4.99 Å². The van der Waals surface area contributed by atoms with Crippen LogP contribution >= 0.6 is 24.0 Å². The Hall–Kier alpha value is -0.900. The van der Waals surface area contributed by atoms with Crippen LogP contribution in [0.1, 0.15) is 19.4 Å². The Morgan fingerprint density at radius 2 is 1.92 bits per heavy atom. The molecule has 2 atom stereocenters. The molecule has 1 aliphatic rings. The fourth-order valence-corrected chi connectivity index (χ4v) is 3.00. The molecule has 1 aromatic carbocycles. The van der Waals surface area contributed by atoms with E-state index in [-0.39, 0.29) is 24.0 Å². The minimum Gasteiger partial charge on any atom is -0.384 e. The summed E-state index contributed by atoms with van der Waals surface area (Å²) in [6.45, 7) is 9.03. The average molecular weight is 475 g/mol. The zero-order chi connectivity index (χ0) is 18.3. The van der Waals surface area contributed by atoms with Gasteiger partial charge in [-0.2, -0.15) is 0 Å². The number of likely N-dealkylation sites (N-methyl/N-ethyl adjacent to an activating group) is 2. The van der Waals surface area contributed by atoms with Gasteiger partial charge in [0.05, 0.1) is 6.54 Å². The molecule has 3 N–H and O–H groups in total. The number of halogens is 1. The molecular weight excluding hydrogens is 441 g/mol. The summed E-state index contributed by atoms with van der Waals surface area (Å²) in [7, 11) is 4.33. The number of hydrogen-bond donors (Lipinski definition) is 3. The van der Waals surface area contributed by atoms with Crippen LogP contribution in [0.5, 0.6) is 0 Å². The normalized spacial score (nSPS) is 21.6. The van der Waals surface area contributed by atoms with Crippen molar-refractivity contribution in [2.75, 3.05) is 53.4 Å². The second-order valence-corrected chi connectivity index (χ2v) is 7.11. The Labute approximate surface area is 175 Å². The number of nitrogens with one attached hydrogen (secondary N) is 2. The van der Waals surface area contributed by atoms with Crippen molar-refractivity contribution >= 4 is 29.9 Å². The van der Waals surface area contributed by atoms with Gasteiger partial charge in [0, 0.05) is 38.8 Å². The van der Waals surface area contributed by atoms with Gasteiger partial charge in [-0.05, 0) is 33.5 Å². The molecule has 1 saturated heterocycles. The summed E-state index contributed by atoms with van der Waals surface area (Å²) in [5.41, 5.74) is -0.103. The standard InChI is InChI=1S/C19H33N5O.HI/c1-5-20-18(21-13-17-14-23(3)11-12-24(17)4)22-15-19(2,25)16-9-7-6-8-10-16;/h6-10,17,25H,5,11-15H2,1-4H3,(H2,20,21,22);1H. The summed E-state index contributed by atoms with van der Waals surface area (Å²) < 4.78 is 0. The van der Waals surface area contributed by atoms with E-state index in [9.17, 15) is 5.11 Å². The van der Waals surface area contributed by atoms with Crippen molar-refractivity contribution in [3.05, 3.63) is 35.9 Å². The van der Waals surface area contributed by atoms with Gasteiger partial charge >= 0.3 is 0 Å². The minimum atomic E-state index is -0.981. The molecule has 2 rings (SSSR count). The Balaban J connectivity index is 0.00000338. The molecule has 0 aliphatic carbocycles. The Bertz CT molecular complexity index is 552. The molecule has 2 unspecified atom stereocenters. The first kappa shape index (κ1) is 23.1. The van der Waals surface area contributed by atoms with Crippen molar-refractivity contribution in [2.45, 2.75) is 25.5 Å². The fraction of sp³-hybridized carbons (Fsp3) is 0.632. The topological polar surface area (TPSA) is 63.1 Å². The first-order valence-corrected chi connectivity index (χ1v) is 9.11. The second-order valence-electron chi connectivity index (χ2n) is 7.11. The van der Waals surface area contributed by atoms with E-state index >= 15 is 0 Å². The molecule has 148 valence electrons. The molecule has 0 saturated carbocycles. The molecule has 1 heterocycles. The molecule has 0 amide bonds. The van der Waals surface area contributed by atoms with E-state index in [0.29, 0.717) is 12.6 Å². The highest BCUT2D eigenvalue weighted by Crippen LogP contribution is 2.20. The average Bonchev–Trinajstić information content (AvgIpc) is 2.61. The van der Waals surface area contributed by atoms with Crippen LogP contribution in [0.25, 0.3) is 0 Å². The molecule has 0 aromatic heterocycles. The second kappa shape index (κ2) is 11.1. The van der Waals surface area contributed by atoms with Gasteiger partial charge in [0.25, 0.3) is 0 Å². The highest BCUT2D eigenvalue weighted by atomic mass is 127. The van der Waals surface area contributed by atoms with E-state index in [4.69, 9.17) is 0 Å². The lowest BCUT2D eigenvalue weighted by Gasteiger charge is -2.38. The molecule has 7 heteroatoms. The maximum absolute atomic E-state index is 10.7. The predicted molar refractivity (Wildman–Crippen MR) is 119 cm³/mol. The largest absolute Gasteiger partial charge is 0.384 e. The Morgan fingerprint density at radius 3 is 2.58 bits per heavy atom. The summed E-state index contributed by atoms with van der Waals surface area (Å²) in [5, 5.41) is 17.4. The number of aliphatic hydroxyl groups is 1. The molecular formula is C19H34IN5O. The van der Waals surface area contributed by atoms with Gasteiger partial charge in [0.2, 0.25) is 0 Å². The van der Waals surface area contributed by atoms with Crippen LogP contribution in [0.3, 0.4) is 0 Å². The lowest BCUT2D eigenvalue weighted by atomic mass is 9.96. The summed E-state index contributed by atoms with van der Waals surface area (Å²) in [5.74, 6) is 0.750. The molecule has 6 nitrogen and oxygen atoms in total. The van der Waals surface area contributed by atoms with E-state index in [2.05, 4.69) is 39.5 Å². The monoisotopic (exact) mass is 475 g/mol. The number of guanidine groups is 1. The van der Waals surface area contributed by atoms with Crippen LogP contribution in [-0.2, 0) is 5.60 Å². The van der Waals surface area contributed by atoms with Crippen molar-refractivity contribution in [1.29, 1.82) is 0 Å². The number of aliphatic imine (C=N–C) groups is 1. The van der Waals surface area contributed by atoms with E-state index < -0.39 is 5.60 Å². The van der Waals surface area contributed by atoms with Gasteiger partial charge in [0.15, 0.2) is 5.96 Å². The van der Waals surface area contributed by atoms with E-state index in [1.165, 1.54) is 0 Å². The van der Waals surface area contributed by atoms with E-state index in [1.54, 1.807) is 6.92 Å². The quantitative estimate of drug-likeness (QED) is 0.329. The van der Waals surface area contributed by atoms with Crippen LogP contribution in [-0.4, -0.2) is 80.3 Å². The lowest BCUT2D eigenvalue weighted by molar-refractivity contribution is 0.0672. The number of rotatable bonds is 6. The van der Waals surface area contributed by atoms with Crippen LogP contribution in [0.4, 0.5) is 0 Å². The van der Waals surface area contributed by atoms with Gasteiger partial charge in [-0.3, -0.25) is 4.90 Å². The molecule has 1 fully saturated rings. The van der Waals surface area contributed by atoms with Gasteiger partial charge < -0.3 is 20.6 Å². The van der Waals surface area contributed by atoms with Gasteiger partial charge in [-0.1, -0.05) is 30.3 Å². The molecule has 0 bridgehead atoms. The SMILES string of the molecule is CCNC(=NCC(C)(O)c1ccccc1)NCC1CN(C)CCN1C.I. The van der Waals surface area contributed by atoms with Crippen LogP contribution in [0, 0.1) is 0 Å². The summed E-state index contributed by atoms with van der Waals surface area (Å²) in [6.07, 6.45) is 0. The van der Waals surface area contributed by atoms with Crippen molar-refractivity contribution in [3.8, 4) is 0 Å². The first-order valence-electron chi connectivity index (χ1n) is 9.11. The zero-order valence-corrected chi connectivity index (χ0v) is 18.7. The zero-order valence-electron chi connectivity index (χ0n) is 16.4. The van der Waals surface area contributed by atoms with Crippen molar-refractivity contribution in [2.24, 2.45) is 4.99 Å². The third kappa shape index (κ3) is 7.02. The number of piperazine rings is 1. The third-order valence-electron chi connectivity index (χ3n) is 4.77. The molecule has 1 aliphatic heterocycles. The van der Waals surface area contributed by atoms with Gasteiger partial charge in [-0.15, -0.1) is 24.0 Å². The molecule has 0 spiro atoms. The maximum atomic E-state index is 10.7. The van der Waals surface area contributed by atoms with Crippen molar-refractivity contribution < 1.29 is 5.11 Å². The molecule has 0 radical (unpaired) electrons. The summed E-state index contributed by atoms with van der Waals surface area (Å²) in [4.78, 5) is 9.35. The van der Waals surface area contributed by atoms with Crippen molar-refractivity contribution in [1.82, 2.24) is 20.4 Å². The van der Waals surface area contributed by atoms with Crippen LogP contribution in [0.2, 0.25) is 0 Å². The van der Waals surface area contributed by atoms with Crippen LogP contribution in [0.15, 0.2) is 35.3 Å². The van der Waals surface area contributed by atoms with Gasteiger partial charge in [0.1, 0.15) is 5.60 Å².